The summed E-state index contributed by atoms with van der Waals surface area (Å²) in [5.74, 6) is 0.304. The van der Waals surface area contributed by atoms with Gasteiger partial charge < -0.3 is 15.0 Å². The number of rotatable bonds is 5. The highest BCUT2D eigenvalue weighted by Crippen LogP contribution is 2.21. The molecule has 0 heterocycles. The largest absolute Gasteiger partial charge is 0.484 e. The summed E-state index contributed by atoms with van der Waals surface area (Å²) in [5, 5.41) is 4.96. The SMILES string of the molecule is CC(=O)N(C)c1cccc(NC(=O)COc2ccc3ccccc3c2)c1. The van der Waals surface area contributed by atoms with Crippen LogP contribution in [0.15, 0.2) is 66.7 Å². The Balaban J connectivity index is 1.61. The van der Waals surface area contributed by atoms with Crippen LogP contribution in [0.25, 0.3) is 10.8 Å². The second-order valence-corrected chi connectivity index (χ2v) is 5.97. The van der Waals surface area contributed by atoms with Crippen LogP contribution in [0.4, 0.5) is 11.4 Å². The van der Waals surface area contributed by atoms with Crippen molar-refractivity contribution in [2.75, 3.05) is 23.9 Å². The maximum Gasteiger partial charge on any atom is 0.262 e. The maximum atomic E-state index is 12.1. The summed E-state index contributed by atoms with van der Waals surface area (Å²) < 4.78 is 5.59. The molecule has 0 aliphatic heterocycles. The van der Waals surface area contributed by atoms with Crippen molar-refractivity contribution >= 4 is 34.0 Å². The van der Waals surface area contributed by atoms with Gasteiger partial charge in [0, 0.05) is 25.3 Å². The zero-order valence-corrected chi connectivity index (χ0v) is 14.7. The molecule has 0 aromatic heterocycles. The van der Waals surface area contributed by atoms with E-state index in [1.807, 2.05) is 48.5 Å². The molecule has 3 rings (SSSR count). The topological polar surface area (TPSA) is 58.6 Å². The molecular formula is C21H20N2O3. The number of amides is 2. The summed E-state index contributed by atoms with van der Waals surface area (Å²) in [5.41, 5.74) is 1.33. The van der Waals surface area contributed by atoms with E-state index in [0.29, 0.717) is 17.1 Å². The molecule has 0 spiro atoms. The second kappa shape index (κ2) is 7.70. The number of hydrogen-bond donors (Lipinski definition) is 1. The van der Waals surface area contributed by atoms with E-state index < -0.39 is 0 Å². The standard InChI is InChI=1S/C21H20N2O3/c1-15(24)23(2)19-9-5-8-18(13-19)22-21(25)14-26-20-11-10-16-6-3-4-7-17(16)12-20/h3-13H,14H2,1-2H3,(H,22,25). The fourth-order valence-corrected chi connectivity index (χ4v) is 2.58. The van der Waals surface area contributed by atoms with Crippen LogP contribution in [0.1, 0.15) is 6.92 Å². The van der Waals surface area contributed by atoms with Crippen molar-refractivity contribution < 1.29 is 14.3 Å². The van der Waals surface area contributed by atoms with E-state index in [0.717, 1.165) is 10.8 Å². The van der Waals surface area contributed by atoms with Gasteiger partial charge in [0.15, 0.2) is 6.61 Å². The Morgan fingerprint density at radius 1 is 0.962 bits per heavy atom. The third-order valence-electron chi connectivity index (χ3n) is 4.08. The Morgan fingerprint density at radius 2 is 1.73 bits per heavy atom. The minimum Gasteiger partial charge on any atom is -0.484 e. The van der Waals surface area contributed by atoms with Gasteiger partial charge in [-0.2, -0.15) is 0 Å². The third-order valence-corrected chi connectivity index (χ3v) is 4.08. The number of carbonyl (C=O) groups is 2. The quantitative estimate of drug-likeness (QED) is 0.762. The summed E-state index contributed by atoms with van der Waals surface area (Å²) in [7, 11) is 1.69. The minimum atomic E-state index is -0.263. The molecule has 0 radical (unpaired) electrons. The Labute approximate surface area is 152 Å². The molecule has 2 amide bonds. The average molecular weight is 348 g/mol. The molecule has 0 aliphatic rings. The highest BCUT2D eigenvalue weighted by Gasteiger charge is 2.08. The number of anilines is 2. The lowest BCUT2D eigenvalue weighted by atomic mass is 10.1. The van der Waals surface area contributed by atoms with Crippen LogP contribution in [-0.4, -0.2) is 25.5 Å². The van der Waals surface area contributed by atoms with E-state index in [1.54, 1.807) is 25.2 Å². The van der Waals surface area contributed by atoms with Gasteiger partial charge in [-0.25, -0.2) is 0 Å². The molecule has 0 saturated heterocycles. The Kier molecular flexibility index (Phi) is 5.17. The van der Waals surface area contributed by atoms with Gasteiger partial charge in [-0.05, 0) is 41.1 Å². The second-order valence-electron chi connectivity index (χ2n) is 5.97. The Hall–Kier alpha value is -3.34. The average Bonchev–Trinajstić information content (AvgIpc) is 2.65. The number of benzene rings is 3. The van der Waals surface area contributed by atoms with Crippen LogP contribution in [0, 0.1) is 0 Å². The Morgan fingerprint density at radius 3 is 2.50 bits per heavy atom. The predicted molar refractivity (Wildman–Crippen MR) is 104 cm³/mol. The lowest BCUT2D eigenvalue weighted by Crippen LogP contribution is -2.23. The van der Waals surface area contributed by atoms with Gasteiger partial charge in [0.05, 0.1) is 0 Å². The Bertz CT molecular complexity index is 953. The van der Waals surface area contributed by atoms with Crippen LogP contribution in [0.5, 0.6) is 5.75 Å². The van der Waals surface area contributed by atoms with Crippen molar-refractivity contribution in [3.8, 4) is 5.75 Å². The van der Waals surface area contributed by atoms with Gasteiger partial charge in [0.2, 0.25) is 5.91 Å². The zero-order chi connectivity index (χ0) is 18.5. The number of nitrogens with zero attached hydrogens (tertiary/aromatic N) is 1. The number of carbonyl (C=O) groups excluding carboxylic acids is 2. The summed E-state index contributed by atoms with van der Waals surface area (Å²) in [6.45, 7) is 1.40. The van der Waals surface area contributed by atoms with Crippen molar-refractivity contribution in [2.24, 2.45) is 0 Å². The molecule has 0 saturated carbocycles. The van der Waals surface area contributed by atoms with Crippen molar-refractivity contribution in [3.05, 3.63) is 66.7 Å². The summed E-state index contributed by atoms with van der Waals surface area (Å²) in [6, 6.07) is 20.8. The molecule has 0 unspecified atom stereocenters. The van der Waals surface area contributed by atoms with Gasteiger partial charge in [0.1, 0.15) is 5.75 Å². The van der Waals surface area contributed by atoms with Crippen molar-refractivity contribution in [1.29, 1.82) is 0 Å². The molecule has 0 atom stereocenters. The van der Waals surface area contributed by atoms with E-state index >= 15 is 0 Å². The smallest absolute Gasteiger partial charge is 0.262 e. The van der Waals surface area contributed by atoms with Crippen LogP contribution in [0.3, 0.4) is 0 Å². The van der Waals surface area contributed by atoms with Gasteiger partial charge in [0.25, 0.3) is 5.91 Å². The molecule has 5 heteroatoms. The maximum absolute atomic E-state index is 12.1. The van der Waals surface area contributed by atoms with Gasteiger partial charge in [-0.15, -0.1) is 0 Å². The van der Waals surface area contributed by atoms with Crippen LogP contribution in [0.2, 0.25) is 0 Å². The molecule has 1 N–H and O–H groups in total. The summed E-state index contributed by atoms with van der Waals surface area (Å²) in [4.78, 5) is 25.1. The molecule has 5 nitrogen and oxygen atoms in total. The first-order valence-corrected chi connectivity index (χ1v) is 8.29. The normalized spacial score (nSPS) is 10.4. The molecule has 0 bridgehead atoms. The molecule has 132 valence electrons. The van der Waals surface area contributed by atoms with E-state index in [-0.39, 0.29) is 18.4 Å². The minimum absolute atomic E-state index is 0.0758. The van der Waals surface area contributed by atoms with Crippen LogP contribution < -0.4 is 15.0 Å². The first kappa shape index (κ1) is 17.5. The highest BCUT2D eigenvalue weighted by molar-refractivity contribution is 5.95. The van der Waals surface area contributed by atoms with E-state index in [9.17, 15) is 9.59 Å². The monoisotopic (exact) mass is 348 g/mol. The number of fused-ring (bicyclic) bond motifs is 1. The first-order valence-electron chi connectivity index (χ1n) is 8.29. The molecule has 3 aromatic rings. The van der Waals surface area contributed by atoms with Crippen LogP contribution >= 0.6 is 0 Å². The first-order chi connectivity index (χ1) is 12.5. The van der Waals surface area contributed by atoms with Crippen LogP contribution in [-0.2, 0) is 9.59 Å². The molecule has 0 fully saturated rings. The van der Waals surface area contributed by atoms with Crippen molar-refractivity contribution in [3.63, 3.8) is 0 Å². The lowest BCUT2D eigenvalue weighted by molar-refractivity contribution is -0.118. The fraction of sp³-hybridized carbons (Fsp3) is 0.143. The van der Waals surface area contributed by atoms with E-state index in [4.69, 9.17) is 4.74 Å². The third kappa shape index (κ3) is 4.19. The number of ether oxygens (including phenoxy) is 1. The fourth-order valence-electron chi connectivity index (χ4n) is 2.58. The lowest BCUT2D eigenvalue weighted by Gasteiger charge is -2.16. The predicted octanol–water partition coefficient (Wildman–Crippen LogP) is 3.84. The summed E-state index contributed by atoms with van der Waals surface area (Å²) >= 11 is 0. The van der Waals surface area contributed by atoms with Crippen molar-refractivity contribution in [2.45, 2.75) is 6.92 Å². The number of nitrogens with one attached hydrogen (secondary N) is 1. The summed E-state index contributed by atoms with van der Waals surface area (Å²) in [6.07, 6.45) is 0. The highest BCUT2D eigenvalue weighted by atomic mass is 16.5. The van der Waals surface area contributed by atoms with E-state index in [2.05, 4.69) is 5.32 Å². The van der Waals surface area contributed by atoms with Gasteiger partial charge >= 0.3 is 0 Å². The van der Waals surface area contributed by atoms with Gasteiger partial charge in [-0.1, -0.05) is 36.4 Å². The molecule has 0 aliphatic carbocycles. The molecular weight excluding hydrogens is 328 g/mol. The molecule has 26 heavy (non-hydrogen) atoms. The van der Waals surface area contributed by atoms with E-state index in [1.165, 1.54) is 11.8 Å². The zero-order valence-electron chi connectivity index (χ0n) is 14.7. The van der Waals surface area contributed by atoms with Crippen molar-refractivity contribution in [1.82, 2.24) is 0 Å². The number of hydrogen-bond acceptors (Lipinski definition) is 3. The molecule has 3 aromatic carbocycles. The van der Waals surface area contributed by atoms with Gasteiger partial charge in [-0.3, -0.25) is 9.59 Å².